The number of rotatable bonds is 0. The zero-order valence-electron chi connectivity index (χ0n) is 4.60. The number of halogens is 1. The molecule has 0 spiro atoms. The van der Waals surface area contributed by atoms with Crippen molar-refractivity contribution in [3.63, 3.8) is 0 Å². The van der Waals surface area contributed by atoms with Crippen molar-refractivity contribution in [2.75, 3.05) is 19.8 Å². The van der Waals surface area contributed by atoms with Crippen LogP contribution in [0.5, 0.6) is 0 Å². The van der Waals surface area contributed by atoms with Crippen LogP contribution in [0.1, 0.15) is 6.42 Å². The smallest absolute Gasteiger partial charge is 0.154 e. The molecule has 2 fully saturated rings. The lowest BCUT2D eigenvalue weighted by Gasteiger charge is -2.09. The van der Waals surface area contributed by atoms with Crippen molar-refractivity contribution in [3.05, 3.63) is 0 Å². The first-order chi connectivity index (χ1) is 3.89. The summed E-state index contributed by atoms with van der Waals surface area (Å²) in [6.45, 7) is 2.75. The zero-order valence-corrected chi connectivity index (χ0v) is 5.36. The fraction of sp³-hybridized carbons (Fsp3) is 1.00. The molecule has 0 bridgehead atoms. The van der Waals surface area contributed by atoms with Gasteiger partial charge < -0.3 is 9.47 Å². The van der Waals surface area contributed by atoms with Gasteiger partial charge in [-0.2, -0.15) is 0 Å². The highest BCUT2D eigenvalue weighted by Gasteiger charge is 2.16. The van der Waals surface area contributed by atoms with Gasteiger partial charge in [0, 0.05) is 13.2 Å². The molecule has 0 aromatic rings. The number of ether oxygens (including phenoxy) is 2. The second kappa shape index (κ2) is 3.28. The molecule has 2 rings (SSSR count). The molecule has 0 radical (unpaired) electrons. The quantitative estimate of drug-likeness (QED) is 0.366. The SMILES string of the molecule is C1COC1.ClC1CO1. The normalized spacial score (nSPS) is 31.9. The van der Waals surface area contributed by atoms with Crippen molar-refractivity contribution < 1.29 is 9.47 Å². The van der Waals surface area contributed by atoms with E-state index in [0.29, 0.717) is 0 Å². The third-order valence-electron chi connectivity index (χ3n) is 0.870. The molecular weight excluding hydrogens is 128 g/mol. The third kappa shape index (κ3) is 3.24. The molecule has 48 valence electrons. The van der Waals surface area contributed by atoms with Gasteiger partial charge in [0.1, 0.15) is 0 Å². The lowest BCUT2D eigenvalue weighted by Crippen LogP contribution is -2.09. The molecular formula is C5H9ClO2. The lowest BCUT2D eigenvalue weighted by atomic mass is 10.4. The van der Waals surface area contributed by atoms with Gasteiger partial charge in [-0.15, -0.1) is 0 Å². The summed E-state index contributed by atoms with van der Waals surface area (Å²) in [4.78, 5) is 0. The Labute approximate surface area is 53.7 Å². The maximum atomic E-state index is 5.16. The van der Waals surface area contributed by atoms with E-state index in [1.807, 2.05) is 0 Å². The molecule has 3 heteroatoms. The summed E-state index contributed by atoms with van der Waals surface area (Å²) in [6.07, 6.45) is 1.28. The van der Waals surface area contributed by atoms with Gasteiger partial charge in [0.15, 0.2) is 5.56 Å². The van der Waals surface area contributed by atoms with Gasteiger partial charge in [-0.25, -0.2) is 0 Å². The van der Waals surface area contributed by atoms with Crippen LogP contribution < -0.4 is 0 Å². The summed E-state index contributed by atoms with van der Waals surface area (Å²) < 4.78 is 9.20. The Balaban J connectivity index is 0.0000000800. The Morgan fingerprint density at radius 3 is 1.62 bits per heavy atom. The monoisotopic (exact) mass is 136 g/mol. The first kappa shape index (κ1) is 6.33. The largest absolute Gasteiger partial charge is 0.381 e. The van der Waals surface area contributed by atoms with Crippen LogP contribution in [0.3, 0.4) is 0 Å². The van der Waals surface area contributed by atoms with E-state index in [1.165, 1.54) is 6.42 Å². The summed E-state index contributed by atoms with van der Waals surface area (Å²) in [5.74, 6) is 0. The molecule has 8 heavy (non-hydrogen) atoms. The lowest BCUT2D eigenvalue weighted by molar-refractivity contribution is 0.0367. The summed E-state index contributed by atoms with van der Waals surface area (Å²) in [5, 5.41) is 0. The van der Waals surface area contributed by atoms with Crippen molar-refractivity contribution in [1.29, 1.82) is 0 Å². The van der Waals surface area contributed by atoms with Crippen LogP contribution >= 0.6 is 11.6 Å². The van der Waals surface area contributed by atoms with Gasteiger partial charge >= 0.3 is 0 Å². The molecule has 2 aliphatic heterocycles. The predicted molar refractivity (Wildman–Crippen MR) is 31.0 cm³/mol. The Kier molecular flexibility index (Phi) is 2.59. The van der Waals surface area contributed by atoms with Crippen LogP contribution in [0.15, 0.2) is 0 Å². The van der Waals surface area contributed by atoms with Crippen LogP contribution in [0.4, 0.5) is 0 Å². The number of hydrogen-bond acceptors (Lipinski definition) is 2. The Morgan fingerprint density at radius 2 is 1.62 bits per heavy atom. The van der Waals surface area contributed by atoms with Crippen LogP contribution in [0.2, 0.25) is 0 Å². The molecule has 1 unspecified atom stereocenters. The van der Waals surface area contributed by atoms with Crippen molar-refractivity contribution in [2.24, 2.45) is 0 Å². The van der Waals surface area contributed by atoms with Gasteiger partial charge in [0.2, 0.25) is 0 Å². The van der Waals surface area contributed by atoms with Crippen molar-refractivity contribution >= 4 is 11.6 Å². The van der Waals surface area contributed by atoms with E-state index < -0.39 is 0 Å². The highest BCUT2D eigenvalue weighted by atomic mass is 35.5. The van der Waals surface area contributed by atoms with E-state index >= 15 is 0 Å². The van der Waals surface area contributed by atoms with E-state index in [1.54, 1.807) is 0 Å². The molecule has 0 aliphatic carbocycles. The number of epoxide rings is 1. The Hall–Kier alpha value is 0.210. The first-order valence-electron chi connectivity index (χ1n) is 2.73. The molecule has 0 amide bonds. The fourth-order valence-corrected chi connectivity index (χ4v) is 0.253. The Bertz CT molecular complexity index is 55.4. The van der Waals surface area contributed by atoms with Crippen LogP contribution in [-0.4, -0.2) is 25.4 Å². The van der Waals surface area contributed by atoms with Crippen molar-refractivity contribution in [3.8, 4) is 0 Å². The van der Waals surface area contributed by atoms with E-state index in [4.69, 9.17) is 16.3 Å². The van der Waals surface area contributed by atoms with Gasteiger partial charge in [-0.3, -0.25) is 0 Å². The van der Waals surface area contributed by atoms with Gasteiger partial charge in [-0.1, -0.05) is 11.6 Å². The van der Waals surface area contributed by atoms with Crippen molar-refractivity contribution in [1.82, 2.24) is 0 Å². The molecule has 0 saturated carbocycles. The molecule has 0 aromatic heterocycles. The molecule has 0 N–H and O–H groups in total. The van der Waals surface area contributed by atoms with Crippen LogP contribution in [-0.2, 0) is 9.47 Å². The van der Waals surface area contributed by atoms with Gasteiger partial charge in [-0.05, 0) is 6.42 Å². The highest BCUT2D eigenvalue weighted by Crippen LogP contribution is 2.11. The molecule has 2 heterocycles. The van der Waals surface area contributed by atoms with E-state index in [9.17, 15) is 0 Å². The number of alkyl halides is 1. The molecule has 1 atom stereocenters. The summed E-state index contributed by atoms with van der Waals surface area (Å²) in [7, 11) is 0. The van der Waals surface area contributed by atoms with E-state index in [2.05, 4.69) is 4.74 Å². The Morgan fingerprint density at radius 1 is 1.38 bits per heavy atom. The number of hydrogen-bond donors (Lipinski definition) is 0. The van der Waals surface area contributed by atoms with Gasteiger partial charge in [0.25, 0.3) is 0 Å². The molecule has 2 saturated heterocycles. The minimum atomic E-state index is 0.0556. The average molecular weight is 137 g/mol. The molecule has 2 nitrogen and oxygen atoms in total. The van der Waals surface area contributed by atoms with Crippen LogP contribution in [0.25, 0.3) is 0 Å². The highest BCUT2D eigenvalue weighted by molar-refractivity contribution is 6.21. The zero-order chi connectivity index (χ0) is 5.82. The summed E-state index contributed by atoms with van der Waals surface area (Å²) >= 11 is 5.16. The first-order valence-corrected chi connectivity index (χ1v) is 3.16. The third-order valence-corrected chi connectivity index (χ3v) is 1.12. The minimum Gasteiger partial charge on any atom is -0.381 e. The van der Waals surface area contributed by atoms with E-state index in [-0.39, 0.29) is 5.56 Å². The van der Waals surface area contributed by atoms with E-state index in [0.717, 1.165) is 19.8 Å². The maximum Gasteiger partial charge on any atom is 0.154 e. The molecule has 0 aromatic carbocycles. The second-order valence-corrected chi connectivity index (χ2v) is 2.20. The summed E-state index contributed by atoms with van der Waals surface area (Å²) in [6, 6.07) is 0. The maximum absolute atomic E-state index is 5.16. The predicted octanol–water partition coefficient (Wildman–Crippen LogP) is 0.988. The van der Waals surface area contributed by atoms with Crippen LogP contribution in [0, 0.1) is 0 Å². The fourth-order valence-electron chi connectivity index (χ4n) is 0.181. The standard InChI is InChI=1S/C3H6O.C2H3ClO/c1-2-4-3-1;3-2-1-4-2/h1-3H2;2H,1H2. The topological polar surface area (TPSA) is 21.8 Å². The second-order valence-electron chi connectivity index (χ2n) is 1.71. The average Bonchev–Trinajstić information content (AvgIpc) is 2.13. The minimum absolute atomic E-state index is 0.0556. The van der Waals surface area contributed by atoms with Crippen molar-refractivity contribution in [2.45, 2.75) is 12.0 Å². The molecule has 2 aliphatic rings. The summed E-state index contributed by atoms with van der Waals surface area (Å²) in [5.41, 5.74) is 0.0556. The van der Waals surface area contributed by atoms with Gasteiger partial charge in [0.05, 0.1) is 6.61 Å².